The van der Waals surface area contributed by atoms with Crippen LogP contribution in [0.1, 0.15) is 21.5 Å². The van der Waals surface area contributed by atoms with Gasteiger partial charge in [0, 0.05) is 11.6 Å². The zero-order valence-electron chi connectivity index (χ0n) is 12.7. The van der Waals surface area contributed by atoms with E-state index in [-0.39, 0.29) is 17.7 Å². The van der Waals surface area contributed by atoms with Gasteiger partial charge in [0.1, 0.15) is 5.82 Å². The summed E-state index contributed by atoms with van der Waals surface area (Å²) in [5, 5.41) is 9.61. The van der Waals surface area contributed by atoms with Crippen LogP contribution in [0.2, 0.25) is 5.02 Å². The molecule has 128 valence electrons. The van der Waals surface area contributed by atoms with Gasteiger partial charge in [-0.15, -0.1) is 0 Å². The summed E-state index contributed by atoms with van der Waals surface area (Å²) < 4.78 is 40.6. The first-order valence-corrected chi connectivity index (χ1v) is 8.84. The minimum atomic E-state index is -4.01. The van der Waals surface area contributed by atoms with Crippen molar-refractivity contribution in [3.63, 3.8) is 0 Å². The minimum absolute atomic E-state index is 0.0852. The van der Waals surface area contributed by atoms with Gasteiger partial charge in [-0.25, -0.2) is 22.3 Å². The fourth-order valence-corrected chi connectivity index (χ4v) is 3.29. The highest BCUT2D eigenvalue weighted by atomic mass is 35.5. The summed E-state index contributed by atoms with van der Waals surface area (Å²) in [5.74, 6) is -2.27. The summed E-state index contributed by atoms with van der Waals surface area (Å²) in [4.78, 5) is 10.7. The van der Waals surface area contributed by atoms with Crippen molar-refractivity contribution in [3.05, 3.63) is 63.9 Å². The molecule has 0 bridgehead atoms. The van der Waals surface area contributed by atoms with Crippen LogP contribution < -0.4 is 4.72 Å². The van der Waals surface area contributed by atoms with Gasteiger partial charge in [-0.05, 0) is 48.7 Å². The third kappa shape index (κ3) is 4.31. The highest BCUT2D eigenvalue weighted by Crippen LogP contribution is 2.19. The average Bonchev–Trinajstić information content (AvgIpc) is 2.51. The molecule has 2 aromatic rings. The Morgan fingerprint density at radius 3 is 2.46 bits per heavy atom. The normalized spacial score (nSPS) is 11.5. The first-order chi connectivity index (χ1) is 11.2. The number of nitrogens with one attached hydrogen (secondary N) is 1. The largest absolute Gasteiger partial charge is 0.478 e. The second kappa shape index (κ2) is 7.29. The Hall–Kier alpha value is -1.96. The van der Waals surface area contributed by atoms with E-state index in [1.165, 1.54) is 6.92 Å². The Morgan fingerprint density at radius 2 is 1.88 bits per heavy atom. The maximum atomic E-state index is 13.8. The highest BCUT2D eigenvalue weighted by Gasteiger charge is 2.20. The predicted octanol–water partition coefficient (Wildman–Crippen LogP) is 3.01. The van der Waals surface area contributed by atoms with E-state index in [4.69, 9.17) is 16.7 Å². The molecule has 0 aromatic heterocycles. The average molecular weight is 372 g/mol. The molecule has 0 saturated heterocycles. The maximum absolute atomic E-state index is 13.8. The van der Waals surface area contributed by atoms with E-state index < -0.39 is 26.7 Å². The zero-order valence-corrected chi connectivity index (χ0v) is 14.3. The van der Waals surface area contributed by atoms with E-state index in [2.05, 4.69) is 4.72 Å². The van der Waals surface area contributed by atoms with Crippen molar-refractivity contribution in [2.24, 2.45) is 0 Å². The number of aromatic carboxylic acids is 1. The number of carboxylic acid groups (broad SMARTS) is 1. The summed E-state index contributed by atoms with van der Waals surface area (Å²) in [7, 11) is -4.01. The molecule has 0 fully saturated rings. The summed E-state index contributed by atoms with van der Waals surface area (Å²) >= 11 is 5.77. The first kappa shape index (κ1) is 18.4. The second-order valence-electron chi connectivity index (χ2n) is 5.16. The minimum Gasteiger partial charge on any atom is -0.478 e. The molecule has 0 aliphatic rings. The molecule has 2 rings (SSSR count). The molecular weight excluding hydrogens is 357 g/mol. The quantitative estimate of drug-likeness (QED) is 0.817. The molecule has 0 saturated carbocycles. The Bertz CT molecular complexity index is 866. The Kier molecular flexibility index (Phi) is 5.58. The number of carbonyl (C=O) groups is 1. The first-order valence-electron chi connectivity index (χ1n) is 6.98. The fourth-order valence-electron chi connectivity index (χ4n) is 2.10. The van der Waals surface area contributed by atoms with Gasteiger partial charge >= 0.3 is 5.97 Å². The van der Waals surface area contributed by atoms with Gasteiger partial charge in [0.15, 0.2) is 0 Å². The van der Waals surface area contributed by atoms with Crippen molar-refractivity contribution in [1.29, 1.82) is 0 Å². The Balaban J connectivity index is 2.15. The smallest absolute Gasteiger partial charge is 0.336 e. The zero-order chi connectivity index (χ0) is 17.9. The third-order valence-corrected chi connectivity index (χ3v) is 5.17. The second-order valence-corrected chi connectivity index (χ2v) is 7.36. The van der Waals surface area contributed by atoms with Crippen LogP contribution in [-0.2, 0) is 16.4 Å². The van der Waals surface area contributed by atoms with Gasteiger partial charge in [0.2, 0.25) is 10.0 Å². The molecule has 8 heteroatoms. The van der Waals surface area contributed by atoms with Gasteiger partial charge in [-0.2, -0.15) is 0 Å². The standard InChI is InChI=1S/C16H15ClFNO4S/c1-10-14(16(20)21)8-13(9-15(10)18)24(22,23)19-7-6-11-2-4-12(17)5-3-11/h2-5,8-9,19H,6-7H2,1H3,(H,20,21). The van der Waals surface area contributed by atoms with Crippen molar-refractivity contribution in [2.45, 2.75) is 18.2 Å². The fraction of sp³-hybridized carbons (Fsp3) is 0.188. The van der Waals surface area contributed by atoms with Gasteiger partial charge in [-0.3, -0.25) is 0 Å². The van der Waals surface area contributed by atoms with Crippen LogP contribution >= 0.6 is 11.6 Å². The van der Waals surface area contributed by atoms with Crippen molar-refractivity contribution in [3.8, 4) is 0 Å². The number of benzene rings is 2. The van der Waals surface area contributed by atoms with Gasteiger partial charge < -0.3 is 5.11 Å². The number of rotatable bonds is 6. The topological polar surface area (TPSA) is 83.5 Å². The van der Waals surface area contributed by atoms with Crippen LogP contribution in [0.3, 0.4) is 0 Å². The molecule has 0 amide bonds. The van der Waals surface area contributed by atoms with Crippen LogP contribution in [0, 0.1) is 12.7 Å². The lowest BCUT2D eigenvalue weighted by Crippen LogP contribution is -2.26. The van der Waals surface area contributed by atoms with Crippen molar-refractivity contribution < 1.29 is 22.7 Å². The maximum Gasteiger partial charge on any atom is 0.336 e. The third-order valence-electron chi connectivity index (χ3n) is 3.48. The molecule has 0 radical (unpaired) electrons. The number of hydrogen-bond acceptors (Lipinski definition) is 3. The van der Waals surface area contributed by atoms with E-state index in [9.17, 15) is 17.6 Å². The molecule has 2 N–H and O–H groups in total. The van der Waals surface area contributed by atoms with E-state index in [0.717, 1.165) is 17.7 Å². The van der Waals surface area contributed by atoms with Gasteiger partial charge in [0.25, 0.3) is 0 Å². The molecule has 0 heterocycles. The number of carboxylic acids is 1. The summed E-state index contributed by atoms with van der Waals surface area (Å²) in [5.41, 5.74) is 0.388. The van der Waals surface area contributed by atoms with E-state index in [1.54, 1.807) is 24.3 Å². The molecule has 0 spiro atoms. The summed E-state index contributed by atoms with van der Waals surface area (Å²) in [6.45, 7) is 1.37. The van der Waals surface area contributed by atoms with Gasteiger partial charge in [-0.1, -0.05) is 23.7 Å². The molecule has 0 aliphatic heterocycles. The molecule has 0 unspecified atom stereocenters. The van der Waals surface area contributed by atoms with Crippen LogP contribution in [0.5, 0.6) is 0 Å². The molecular formula is C16H15ClFNO4S. The molecule has 0 aliphatic carbocycles. The highest BCUT2D eigenvalue weighted by molar-refractivity contribution is 7.89. The Labute approximate surface area is 144 Å². The molecule has 0 atom stereocenters. The van der Waals surface area contributed by atoms with Crippen molar-refractivity contribution in [2.75, 3.05) is 6.54 Å². The summed E-state index contributed by atoms with van der Waals surface area (Å²) in [6.07, 6.45) is 0.413. The molecule has 24 heavy (non-hydrogen) atoms. The lowest BCUT2D eigenvalue weighted by Gasteiger charge is -2.10. The van der Waals surface area contributed by atoms with Crippen LogP contribution in [0.25, 0.3) is 0 Å². The van der Waals surface area contributed by atoms with Crippen LogP contribution in [-0.4, -0.2) is 26.0 Å². The monoisotopic (exact) mass is 371 g/mol. The number of halogens is 2. The lowest BCUT2D eigenvalue weighted by atomic mass is 10.1. The van der Waals surface area contributed by atoms with Crippen LogP contribution in [0.15, 0.2) is 41.3 Å². The van der Waals surface area contributed by atoms with Crippen LogP contribution in [0.4, 0.5) is 4.39 Å². The van der Waals surface area contributed by atoms with E-state index in [0.29, 0.717) is 11.4 Å². The summed E-state index contributed by atoms with van der Waals surface area (Å²) in [6, 6.07) is 8.69. The van der Waals surface area contributed by atoms with E-state index in [1.807, 2.05) is 0 Å². The van der Waals surface area contributed by atoms with E-state index >= 15 is 0 Å². The predicted molar refractivity (Wildman–Crippen MR) is 88.4 cm³/mol. The number of sulfonamides is 1. The Morgan fingerprint density at radius 1 is 1.25 bits per heavy atom. The molecule has 5 nitrogen and oxygen atoms in total. The van der Waals surface area contributed by atoms with Crippen molar-refractivity contribution >= 4 is 27.6 Å². The SMILES string of the molecule is Cc1c(F)cc(S(=O)(=O)NCCc2ccc(Cl)cc2)cc1C(=O)O. The van der Waals surface area contributed by atoms with Gasteiger partial charge in [0.05, 0.1) is 10.5 Å². The number of hydrogen-bond donors (Lipinski definition) is 2. The molecule has 2 aromatic carbocycles. The lowest BCUT2D eigenvalue weighted by molar-refractivity contribution is 0.0695. The van der Waals surface area contributed by atoms with Crippen molar-refractivity contribution in [1.82, 2.24) is 4.72 Å².